The van der Waals surface area contributed by atoms with Gasteiger partial charge in [-0.1, -0.05) is 30.3 Å². The molecule has 0 fully saturated rings. The zero-order chi connectivity index (χ0) is 23.0. The van der Waals surface area contributed by atoms with Crippen molar-refractivity contribution in [2.75, 3.05) is 13.2 Å². The van der Waals surface area contributed by atoms with E-state index < -0.39 is 17.7 Å². The molecule has 0 bridgehead atoms. The quantitative estimate of drug-likeness (QED) is 0.334. The Labute approximate surface area is 188 Å². The zero-order valence-electron chi connectivity index (χ0n) is 18.3. The minimum Gasteiger partial charge on any atom is -0.497 e. The van der Waals surface area contributed by atoms with Crippen LogP contribution in [0.15, 0.2) is 60.6 Å². The van der Waals surface area contributed by atoms with E-state index in [1.54, 1.807) is 18.2 Å². The Kier molecular flexibility index (Phi) is 7.87. The summed E-state index contributed by atoms with van der Waals surface area (Å²) in [6.07, 6.45) is 1.70. The monoisotopic (exact) mass is 436 g/mol. The molecule has 32 heavy (non-hydrogen) atoms. The molecule has 0 radical (unpaired) electrons. The number of rotatable bonds is 10. The lowest BCUT2D eigenvalue weighted by atomic mass is 9.86. The number of carbonyl (C=O) groups is 1. The molecule has 168 valence electrons. The van der Waals surface area contributed by atoms with Crippen molar-refractivity contribution in [1.29, 1.82) is 5.26 Å². The molecule has 7 heteroatoms. The van der Waals surface area contributed by atoms with E-state index in [9.17, 15) is 15.2 Å². The second-order valence-electron chi connectivity index (χ2n) is 8.06. The lowest BCUT2D eigenvalue weighted by molar-refractivity contribution is -0.108. The molecule has 7 nitrogen and oxygen atoms in total. The van der Waals surface area contributed by atoms with Gasteiger partial charge in [0.15, 0.2) is 0 Å². The van der Waals surface area contributed by atoms with Crippen molar-refractivity contribution in [3.05, 3.63) is 77.2 Å². The highest BCUT2D eigenvalue weighted by Gasteiger charge is 2.42. The number of nitrogens with one attached hydrogen (secondary N) is 1. The highest BCUT2D eigenvalue weighted by molar-refractivity contribution is 5.49. The number of aliphatic hydroxyl groups excluding tert-OH is 1. The summed E-state index contributed by atoms with van der Waals surface area (Å²) in [6.45, 7) is 4.50. The molecule has 0 saturated carbocycles. The number of fused-ring (bicyclic) bond motifs is 1. The standard InChI is InChI=1S/C25H28N2O5/c1-25(2)24(29)23(21-13-19(14-26)9-10-22(21)32-25)27-15-20(17-30-12-6-11-28)31-16-18-7-4-3-5-8-18/h3-5,7-11,13,17,23-24,27,29H,6,12,15-16H2,1-2H3/b20-17-. The molecule has 1 aliphatic heterocycles. The first kappa shape index (κ1) is 23.3. The first-order valence-electron chi connectivity index (χ1n) is 10.5. The molecule has 0 aromatic heterocycles. The fourth-order valence-electron chi connectivity index (χ4n) is 3.45. The number of ether oxygens (including phenoxy) is 3. The van der Waals surface area contributed by atoms with Crippen molar-refractivity contribution < 1.29 is 24.1 Å². The van der Waals surface area contributed by atoms with Crippen LogP contribution >= 0.6 is 0 Å². The molecule has 2 atom stereocenters. The molecule has 0 saturated heterocycles. The van der Waals surface area contributed by atoms with Gasteiger partial charge in [-0.2, -0.15) is 5.26 Å². The number of hydrogen-bond donors (Lipinski definition) is 2. The third-order valence-electron chi connectivity index (χ3n) is 5.21. The molecule has 1 heterocycles. The predicted octanol–water partition coefficient (Wildman–Crippen LogP) is 3.38. The van der Waals surface area contributed by atoms with Gasteiger partial charge in [0.1, 0.15) is 42.4 Å². The summed E-state index contributed by atoms with van der Waals surface area (Å²) < 4.78 is 17.4. The minimum atomic E-state index is -0.865. The van der Waals surface area contributed by atoms with E-state index in [0.717, 1.165) is 11.8 Å². The minimum absolute atomic E-state index is 0.253. The van der Waals surface area contributed by atoms with Gasteiger partial charge in [-0.15, -0.1) is 0 Å². The van der Waals surface area contributed by atoms with Crippen molar-refractivity contribution in [2.24, 2.45) is 0 Å². The molecule has 2 unspecified atom stereocenters. The Hall–Kier alpha value is -3.34. The molecular weight excluding hydrogens is 408 g/mol. The maximum Gasteiger partial charge on any atom is 0.145 e. The molecule has 0 spiro atoms. The van der Waals surface area contributed by atoms with E-state index in [2.05, 4.69) is 11.4 Å². The average Bonchev–Trinajstić information content (AvgIpc) is 2.80. The number of hydrogen-bond acceptors (Lipinski definition) is 7. The average molecular weight is 437 g/mol. The van der Waals surface area contributed by atoms with Crippen molar-refractivity contribution in [2.45, 2.75) is 44.6 Å². The summed E-state index contributed by atoms with van der Waals surface area (Å²) in [6, 6.07) is 16.5. The SMILES string of the molecule is CC1(C)Oc2ccc(C#N)cc2C(NC/C(=C/OCCC=O)OCc2ccccc2)C1O. The highest BCUT2D eigenvalue weighted by Crippen LogP contribution is 2.40. The second kappa shape index (κ2) is 10.8. The summed E-state index contributed by atoms with van der Waals surface area (Å²) in [4.78, 5) is 10.6. The summed E-state index contributed by atoms with van der Waals surface area (Å²) >= 11 is 0. The van der Waals surface area contributed by atoms with E-state index in [1.807, 2.05) is 44.2 Å². The lowest BCUT2D eigenvalue weighted by Crippen LogP contribution is -2.52. The first-order valence-corrected chi connectivity index (χ1v) is 10.5. The van der Waals surface area contributed by atoms with Crippen LogP contribution in [0.5, 0.6) is 5.75 Å². The van der Waals surface area contributed by atoms with Crippen LogP contribution in [-0.4, -0.2) is 36.2 Å². The van der Waals surface area contributed by atoms with E-state index >= 15 is 0 Å². The van der Waals surface area contributed by atoms with Crippen LogP contribution in [0.3, 0.4) is 0 Å². The smallest absolute Gasteiger partial charge is 0.145 e. The summed E-state index contributed by atoms with van der Waals surface area (Å²) in [7, 11) is 0. The third-order valence-corrected chi connectivity index (χ3v) is 5.21. The van der Waals surface area contributed by atoms with E-state index in [-0.39, 0.29) is 19.6 Å². The van der Waals surface area contributed by atoms with Crippen molar-refractivity contribution in [3.63, 3.8) is 0 Å². The molecule has 2 N–H and O–H groups in total. The predicted molar refractivity (Wildman–Crippen MR) is 119 cm³/mol. The van der Waals surface area contributed by atoms with Crippen LogP contribution in [0, 0.1) is 11.3 Å². The van der Waals surface area contributed by atoms with Crippen molar-refractivity contribution in [1.82, 2.24) is 5.32 Å². The maximum atomic E-state index is 11.0. The Morgan fingerprint density at radius 2 is 2.06 bits per heavy atom. The number of carbonyl (C=O) groups excluding carboxylic acids is 1. The van der Waals surface area contributed by atoms with Crippen LogP contribution in [0.1, 0.15) is 43.0 Å². The van der Waals surface area contributed by atoms with Gasteiger partial charge in [0, 0.05) is 12.0 Å². The Morgan fingerprint density at radius 1 is 1.28 bits per heavy atom. The van der Waals surface area contributed by atoms with Gasteiger partial charge >= 0.3 is 0 Å². The molecule has 2 aromatic carbocycles. The van der Waals surface area contributed by atoms with Crippen LogP contribution in [-0.2, 0) is 20.9 Å². The summed E-state index contributed by atoms with van der Waals surface area (Å²) in [5.74, 6) is 1.14. The van der Waals surface area contributed by atoms with Crippen LogP contribution < -0.4 is 10.1 Å². The molecule has 0 aliphatic carbocycles. The number of benzene rings is 2. The molecule has 0 amide bonds. The van der Waals surface area contributed by atoms with Gasteiger partial charge in [0.2, 0.25) is 0 Å². The Bertz CT molecular complexity index is 982. The highest BCUT2D eigenvalue weighted by atomic mass is 16.5. The Balaban J connectivity index is 1.77. The lowest BCUT2D eigenvalue weighted by Gasteiger charge is -2.42. The van der Waals surface area contributed by atoms with Gasteiger partial charge in [-0.3, -0.25) is 0 Å². The largest absolute Gasteiger partial charge is 0.497 e. The third kappa shape index (κ3) is 5.88. The molecule has 1 aliphatic rings. The van der Waals surface area contributed by atoms with E-state index in [0.29, 0.717) is 29.2 Å². The number of nitrogens with zero attached hydrogens (tertiary/aromatic N) is 1. The second-order valence-corrected chi connectivity index (χ2v) is 8.06. The summed E-state index contributed by atoms with van der Waals surface area (Å²) in [5, 5.41) is 23.6. The molecular formula is C25H28N2O5. The van der Waals surface area contributed by atoms with Crippen molar-refractivity contribution in [3.8, 4) is 11.8 Å². The van der Waals surface area contributed by atoms with Crippen LogP contribution in [0.2, 0.25) is 0 Å². The fourth-order valence-corrected chi connectivity index (χ4v) is 3.45. The topological polar surface area (TPSA) is 101 Å². The number of aldehydes is 1. The van der Waals surface area contributed by atoms with Gasteiger partial charge < -0.3 is 29.4 Å². The number of aliphatic hydroxyl groups is 1. The molecule has 3 rings (SSSR count). The van der Waals surface area contributed by atoms with Gasteiger partial charge in [-0.05, 0) is 37.6 Å². The molecule has 2 aromatic rings. The van der Waals surface area contributed by atoms with E-state index in [1.165, 1.54) is 6.26 Å². The summed E-state index contributed by atoms with van der Waals surface area (Å²) in [5.41, 5.74) is 1.37. The normalized spacial score (nSPS) is 19.2. The van der Waals surface area contributed by atoms with Gasteiger partial charge in [-0.25, -0.2) is 0 Å². The van der Waals surface area contributed by atoms with Gasteiger partial charge in [0.25, 0.3) is 0 Å². The Morgan fingerprint density at radius 3 is 2.78 bits per heavy atom. The zero-order valence-corrected chi connectivity index (χ0v) is 18.3. The van der Waals surface area contributed by atoms with E-state index in [4.69, 9.17) is 14.2 Å². The van der Waals surface area contributed by atoms with Gasteiger partial charge in [0.05, 0.1) is 30.8 Å². The first-order chi connectivity index (χ1) is 15.4. The number of nitriles is 1. The fraction of sp³-hybridized carbons (Fsp3) is 0.360. The maximum absolute atomic E-state index is 11.0. The van der Waals surface area contributed by atoms with Crippen LogP contribution in [0.25, 0.3) is 0 Å². The van der Waals surface area contributed by atoms with Crippen LogP contribution in [0.4, 0.5) is 0 Å². The van der Waals surface area contributed by atoms with Crippen molar-refractivity contribution >= 4 is 6.29 Å².